The van der Waals surface area contributed by atoms with E-state index in [9.17, 15) is 9.18 Å². The Labute approximate surface area is 186 Å². The standard InChI is InChI=1S/C22H20BrFN6O/c1-13-20-17(15-4-5-15)8-9-25-22(20)30(27-13)12-19(31)26-21-18(23)11-29(28-21)10-14-2-6-16(24)7-3-14/h2-3,6-9,11,15H,4-5,10,12H2,1H3,(H,26,28,31). The summed E-state index contributed by atoms with van der Waals surface area (Å²) in [5.41, 5.74) is 3.81. The zero-order valence-electron chi connectivity index (χ0n) is 16.8. The van der Waals surface area contributed by atoms with Crippen LogP contribution in [0.3, 0.4) is 0 Å². The molecule has 0 unspecified atom stereocenters. The molecule has 1 aliphatic rings. The normalized spacial score (nSPS) is 13.6. The average Bonchev–Trinajstić information content (AvgIpc) is 3.47. The van der Waals surface area contributed by atoms with Crippen molar-refractivity contribution in [3.8, 4) is 0 Å². The second kappa shape index (κ2) is 7.88. The maximum absolute atomic E-state index is 13.1. The minimum absolute atomic E-state index is 0.0444. The average molecular weight is 483 g/mol. The van der Waals surface area contributed by atoms with Crippen LogP contribution in [-0.4, -0.2) is 30.5 Å². The molecule has 0 radical (unpaired) electrons. The number of hydrogen-bond donors (Lipinski definition) is 1. The van der Waals surface area contributed by atoms with Gasteiger partial charge in [-0.15, -0.1) is 0 Å². The van der Waals surface area contributed by atoms with Crippen LogP contribution in [0.1, 0.15) is 35.6 Å². The number of pyridine rings is 1. The van der Waals surface area contributed by atoms with Gasteiger partial charge in [-0.05, 0) is 70.9 Å². The first-order valence-electron chi connectivity index (χ1n) is 10.1. The van der Waals surface area contributed by atoms with E-state index in [1.165, 1.54) is 30.5 Å². The van der Waals surface area contributed by atoms with Gasteiger partial charge in [-0.1, -0.05) is 12.1 Å². The Hall–Kier alpha value is -3.07. The number of anilines is 1. The van der Waals surface area contributed by atoms with Crippen LogP contribution in [0.5, 0.6) is 0 Å². The van der Waals surface area contributed by atoms with E-state index in [0.717, 1.165) is 22.3 Å². The lowest BCUT2D eigenvalue weighted by atomic mass is 10.1. The first kappa shape index (κ1) is 19.9. The van der Waals surface area contributed by atoms with E-state index >= 15 is 0 Å². The van der Waals surface area contributed by atoms with Gasteiger partial charge in [0.25, 0.3) is 0 Å². The molecule has 158 valence electrons. The number of fused-ring (bicyclic) bond motifs is 1. The number of aromatic nitrogens is 5. The molecular formula is C22H20BrFN6O. The molecule has 9 heteroatoms. The minimum Gasteiger partial charge on any atom is -0.307 e. The van der Waals surface area contributed by atoms with Crippen molar-refractivity contribution >= 4 is 38.7 Å². The van der Waals surface area contributed by atoms with E-state index in [0.29, 0.717) is 22.8 Å². The molecule has 1 fully saturated rings. The van der Waals surface area contributed by atoms with Crippen molar-refractivity contribution in [2.75, 3.05) is 5.32 Å². The van der Waals surface area contributed by atoms with Crippen molar-refractivity contribution in [1.82, 2.24) is 24.5 Å². The topological polar surface area (TPSA) is 77.6 Å². The molecule has 1 aliphatic carbocycles. The molecule has 1 aromatic carbocycles. The fourth-order valence-corrected chi connectivity index (χ4v) is 4.22. The predicted molar refractivity (Wildman–Crippen MR) is 118 cm³/mol. The molecule has 5 rings (SSSR count). The van der Waals surface area contributed by atoms with Crippen LogP contribution in [0.15, 0.2) is 47.2 Å². The highest BCUT2D eigenvalue weighted by Gasteiger charge is 2.27. The van der Waals surface area contributed by atoms with Crippen LogP contribution in [-0.2, 0) is 17.9 Å². The lowest BCUT2D eigenvalue weighted by molar-refractivity contribution is -0.116. The highest BCUT2D eigenvalue weighted by Crippen LogP contribution is 2.43. The van der Waals surface area contributed by atoms with Crippen LogP contribution in [0, 0.1) is 12.7 Å². The number of carbonyl (C=O) groups excluding carboxylic acids is 1. The molecule has 1 amide bonds. The molecule has 0 saturated heterocycles. The molecule has 0 spiro atoms. The predicted octanol–water partition coefficient (Wildman–Crippen LogP) is 4.40. The minimum atomic E-state index is -0.279. The van der Waals surface area contributed by atoms with E-state index in [1.54, 1.807) is 33.9 Å². The number of amides is 1. The summed E-state index contributed by atoms with van der Waals surface area (Å²) in [7, 11) is 0. The highest BCUT2D eigenvalue weighted by atomic mass is 79.9. The van der Waals surface area contributed by atoms with Gasteiger partial charge in [-0.2, -0.15) is 10.2 Å². The third-order valence-corrected chi connectivity index (χ3v) is 5.96. The molecule has 4 aromatic rings. The first-order valence-corrected chi connectivity index (χ1v) is 10.9. The number of carbonyl (C=O) groups is 1. The van der Waals surface area contributed by atoms with Gasteiger partial charge in [0.1, 0.15) is 12.4 Å². The second-order valence-electron chi connectivity index (χ2n) is 7.81. The van der Waals surface area contributed by atoms with Crippen LogP contribution in [0.2, 0.25) is 0 Å². The summed E-state index contributed by atoms with van der Waals surface area (Å²) in [5.74, 6) is 0.484. The molecular weight excluding hydrogens is 463 g/mol. The number of nitrogens with zero attached hydrogens (tertiary/aromatic N) is 5. The van der Waals surface area contributed by atoms with Crippen molar-refractivity contribution < 1.29 is 9.18 Å². The zero-order chi connectivity index (χ0) is 21.5. The number of halogens is 2. The van der Waals surface area contributed by atoms with Gasteiger partial charge < -0.3 is 5.32 Å². The maximum Gasteiger partial charge on any atom is 0.247 e. The van der Waals surface area contributed by atoms with Crippen LogP contribution >= 0.6 is 15.9 Å². The molecule has 0 bridgehead atoms. The monoisotopic (exact) mass is 482 g/mol. The van der Waals surface area contributed by atoms with E-state index < -0.39 is 0 Å². The Kier molecular flexibility index (Phi) is 5.05. The fourth-order valence-electron chi connectivity index (χ4n) is 3.80. The Morgan fingerprint density at radius 1 is 1.23 bits per heavy atom. The summed E-state index contributed by atoms with van der Waals surface area (Å²) < 4.78 is 17.1. The van der Waals surface area contributed by atoms with E-state index in [2.05, 4.69) is 42.5 Å². The van der Waals surface area contributed by atoms with E-state index in [-0.39, 0.29) is 18.3 Å². The zero-order valence-corrected chi connectivity index (χ0v) is 18.4. The first-order chi connectivity index (χ1) is 15.0. The SMILES string of the molecule is Cc1nn(CC(=O)Nc2nn(Cc3ccc(F)cc3)cc2Br)c2nccc(C3CC3)c12. The Bertz CT molecular complexity index is 1280. The lowest BCUT2D eigenvalue weighted by Gasteiger charge is -2.05. The van der Waals surface area contributed by atoms with E-state index in [4.69, 9.17) is 0 Å². The molecule has 0 atom stereocenters. The summed E-state index contributed by atoms with van der Waals surface area (Å²) in [4.78, 5) is 17.2. The van der Waals surface area contributed by atoms with Gasteiger partial charge in [0, 0.05) is 17.8 Å². The van der Waals surface area contributed by atoms with Crippen molar-refractivity contribution in [3.63, 3.8) is 0 Å². The number of aryl methyl sites for hydroxylation is 1. The summed E-state index contributed by atoms with van der Waals surface area (Å²) in [6.45, 7) is 2.46. The Morgan fingerprint density at radius 3 is 2.74 bits per heavy atom. The van der Waals surface area contributed by atoms with Crippen molar-refractivity contribution in [2.24, 2.45) is 0 Å². The number of benzene rings is 1. The molecule has 1 saturated carbocycles. The quantitative estimate of drug-likeness (QED) is 0.441. The fraction of sp³-hybridized carbons (Fsp3) is 0.273. The molecule has 0 aliphatic heterocycles. The van der Waals surface area contributed by atoms with Crippen molar-refractivity contribution in [1.29, 1.82) is 0 Å². The van der Waals surface area contributed by atoms with Gasteiger partial charge in [0.2, 0.25) is 5.91 Å². The van der Waals surface area contributed by atoms with Crippen LogP contribution in [0.25, 0.3) is 11.0 Å². The Morgan fingerprint density at radius 2 is 2.00 bits per heavy atom. The van der Waals surface area contributed by atoms with E-state index in [1.807, 2.05) is 6.92 Å². The Balaban J connectivity index is 1.31. The van der Waals surface area contributed by atoms with Crippen molar-refractivity contribution in [3.05, 3.63) is 69.8 Å². The molecule has 7 nitrogen and oxygen atoms in total. The van der Waals surface area contributed by atoms with Gasteiger partial charge in [0.15, 0.2) is 11.5 Å². The van der Waals surface area contributed by atoms with Crippen LogP contribution < -0.4 is 5.32 Å². The molecule has 1 N–H and O–H groups in total. The second-order valence-corrected chi connectivity index (χ2v) is 8.67. The van der Waals surface area contributed by atoms with Crippen LogP contribution in [0.4, 0.5) is 10.2 Å². The molecule has 3 aromatic heterocycles. The van der Waals surface area contributed by atoms with Gasteiger partial charge >= 0.3 is 0 Å². The van der Waals surface area contributed by atoms with Gasteiger partial charge in [-0.25, -0.2) is 14.1 Å². The highest BCUT2D eigenvalue weighted by molar-refractivity contribution is 9.10. The third-order valence-electron chi connectivity index (χ3n) is 5.38. The lowest BCUT2D eigenvalue weighted by Crippen LogP contribution is -2.20. The maximum atomic E-state index is 13.1. The third kappa shape index (κ3) is 4.10. The summed E-state index contributed by atoms with van der Waals surface area (Å²) in [6, 6.07) is 8.30. The molecule has 3 heterocycles. The summed E-state index contributed by atoms with van der Waals surface area (Å²) >= 11 is 3.44. The molecule has 31 heavy (non-hydrogen) atoms. The number of rotatable bonds is 6. The number of nitrogens with one attached hydrogen (secondary N) is 1. The van der Waals surface area contributed by atoms with Gasteiger partial charge in [-0.3, -0.25) is 9.48 Å². The largest absolute Gasteiger partial charge is 0.307 e. The summed E-state index contributed by atoms with van der Waals surface area (Å²) in [5, 5.41) is 12.9. The summed E-state index contributed by atoms with van der Waals surface area (Å²) in [6.07, 6.45) is 5.95. The number of hydrogen-bond acceptors (Lipinski definition) is 4. The smallest absolute Gasteiger partial charge is 0.247 e. The van der Waals surface area contributed by atoms with Gasteiger partial charge in [0.05, 0.1) is 16.7 Å². The van der Waals surface area contributed by atoms with Crippen molar-refractivity contribution in [2.45, 2.75) is 38.8 Å².